The second-order valence-electron chi connectivity index (χ2n) is 5.34. The molecule has 2 aromatic carbocycles. The first-order chi connectivity index (χ1) is 10.3. The number of hydrogen-bond donors (Lipinski definition) is 0. The van der Waals surface area contributed by atoms with Crippen LogP contribution in [0.4, 0.5) is 0 Å². The van der Waals surface area contributed by atoms with Gasteiger partial charge in [-0.2, -0.15) is 0 Å². The molecular weight excluding hydrogens is 264 g/mol. The Morgan fingerprint density at radius 3 is 2.43 bits per heavy atom. The van der Waals surface area contributed by atoms with Gasteiger partial charge in [-0.15, -0.1) is 5.06 Å². The summed E-state index contributed by atoms with van der Waals surface area (Å²) in [6, 6.07) is 20.3. The van der Waals surface area contributed by atoms with Crippen molar-refractivity contribution < 1.29 is 9.68 Å². The summed E-state index contributed by atoms with van der Waals surface area (Å²) in [6.45, 7) is 0.569. The highest BCUT2D eigenvalue weighted by Crippen LogP contribution is 2.47. The third-order valence-corrected chi connectivity index (χ3v) is 4.25. The van der Waals surface area contributed by atoms with Crippen LogP contribution < -0.4 is 0 Å². The minimum atomic E-state index is -0.660. The van der Waals surface area contributed by atoms with Crippen LogP contribution in [0.1, 0.15) is 11.1 Å². The number of benzene rings is 2. The SMILES string of the molecule is CN1OC[C@@H]2C(c3ccccc3)=NO[C@@]21c1ccccc1. The zero-order valence-corrected chi connectivity index (χ0v) is 11.8. The second kappa shape index (κ2) is 4.69. The molecule has 0 N–H and O–H groups in total. The van der Waals surface area contributed by atoms with Crippen LogP contribution in [0.15, 0.2) is 65.8 Å². The van der Waals surface area contributed by atoms with Crippen molar-refractivity contribution in [2.45, 2.75) is 5.72 Å². The Kier molecular flexibility index (Phi) is 2.80. The van der Waals surface area contributed by atoms with Gasteiger partial charge in [-0.25, -0.2) is 0 Å². The van der Waals surface area contributed by atoms with Crippen LogP contribution in [0, 0.1) is 5.92 Å². The van der Waals surface area contributed by atoms with Crippen molar-refractivity contribution in [3.8, 4) is 0 Å². The minimum Gasteiger partial charge on any atom is -0.365 e. The van der Waals surface area contributed by atoms with Gasteiger partial charge >= 0.3 is 0 Å². The van der Waals surface area contributed by atoms with Crippen molar-refractivity contribution in [3.05, 3.63) is 71.8 Å². The average Bonchev–Trinajstić information content (AvgIpc) is 3.08. The maximum atomic E-state index is 5.92. The monoisotopic (exact) mass is 280 g/mol. The van der Waals surface area contributed by atoms with E-state index < -0.39 is 5.72 Å². The van der Waals surface area contributed by atoms with E-state index in [-0.39, 0.29) is 5.92 Å². The van der Waals surface area contributed by atoms with Crippen molar-refractivity contribution in [1.29, 1.82) is 0 Å². The Bertz CT molecular complexity index is 672. The molecule has 106 valence electrons. The Morgan fingerprint density at radius 2 is 1.71 bits per heavy atom. The molecule has 0 aliphatic carbocycles. The quantitative estimate of drug-likeness (QED) is 0.848. The molecule has 0 saturated carbocycles. The molecule has 1 fully saturated rings. The molecule has 0 bridgehead atoms. The number of oxime groups is 1. The summed E-state index contributed by atoms with van der Waals surface area (Å²) < 4.78 is 0. The lowest BCUT2D eigenvalue weighted by Crippen LogP contribution is -2.43. The van der Waals surface area contributed by atoms with Crippen LogP contribution in [0.25, 0.3) is 0 Å². The highest BCUT2D eigenvalue weighted by molar-refractivity contribution is 6.03. The van der Waals surface area contributed by atoms with Crippen molar-refractivity contribution in [3.63, 3.8) is 0 Å². The lowest BCUT2D eigenvalue weighted by Gasteiger charge is -2.31. The van der Waals surface area contributed by atoms with Crippen molar-refractivity contribution in [2.24, 2.45) is 11.1 Å². The summed E-state index contributed by atoms with van der Waals surface area (Å²) >= 11 is 0. The molecule has 4 nitrogen and oxygen atoms in total. The molecule has 0 aromatic heterocycles. The van der Waals surface area contributed by atoms with Crippen LogP contribution >= 0.6 is 0 Å². The molecule has 0 unspecified atom stereocenters. The molecule has 2 aromatic rings. The number of fused-ring (bicyclic) bond motifs is 1. The largest absolute Gasteiger partial charge is 0.365 e. The van der Waals surface area contributed by atoms with E-state index in [9.17, 15) is 0 Å². The molecular formula is C17H16N2O2. The molecule has 0 spiro atoms. The van der Waals surface area contributed by atoms with Gasteiger partial charge in [-0.05, 0) is 5.56 Å². The number of rotatable bonds is 2. The summed E-state index contributed by atoms with van der Waals surface area (Å²) in [7, 11) is 1.90. The van der Waals surface area contributed by atoms with Crippen LogP contribution in [0.5, 0.6) is 0 Å². The zero-order chi connectivity index (χ0) is 14.3. The fourth-order valence-corrected chi connectivity index (χ4v) is 3.16. The number of hydroxylamine groups is 2. The molecule has 2 aliphatic rings. The van der Waals surface area contributed by atoms with Crippen molar-refractivity contribution >= 4 is 5.71 Å². The standard InChI is InChI=1S/C17H16N2O2/c1-19-17(14-10-6-3-7-11-14)15(12-20-19)16(18-21-17)13-8-4-2-5-9-13/h2-11,15H,12H2,1H3/t15-,17+/m1/s1. The molecule has 4 rings (SSSR count). The summed E-state index contributed by atoms with van der Waals surface area (Å²) in [4.78, 5) is 11.7. The van der Waals surface area contributed by atoms with E-state index >= 15 is 0 Å². The smallest absolute Gasteiger partial charge is 0.248 e. The predicted octanol–water partition coefficient (Wildman–Crippen LogP) is 2.77. The minimum absolute atomic E-state index is 0.0623. The van der Waals surface area contributed by atoms with Gasteiger partial charge in [0.15, 0.2) is 0 Å². The molecule has 0 radical (unpaired) electrons. The number of nitrogens with zero attached hydrogens (tertiary/aromatic N) is 2. The third-order valence-electron chi connectivity index (χ3n) is 4.25. The highest BCUT2D eigenvalue weighted by Gasteiger charge is 2.59. The molecule has 2 aliphatic heterocycles. The summed E-state index contributed by atoms with van der Waals surface area (Å²) in [5.41, 5.74) is 2.43. The lowest BCUT2D eigenvalue weighted by molar-refractivity contribution is -0.245. The zero-order valence-electron chi connectivity index (χ0n) is 11.8. The predicted molar refractivity (Wildman–Crippen MR) is 79.4 cm³/mol. The molecule has 4 heteroatoms. The number of hydrogen-bond acceptors (Lipinski definition) is 4. The van der Waals surface area contributed by atoms with E-state index in [0.29, 0.717) is 6.61 Å². The van der Waals surface area contributed by atoms with Crippen molar-refractivity contribution in [2.75, 3.05) is 13.7 Å². The fourth-order valence-electron chi connectivity index (χ4n) is 3.16. The maximum absolute atomic E-state index is 5.92. The molecule has 1 saturated heterocycles. The van der Waals surface area contributed by atoms with E-state index in [1.807, 2.05) is 43.4 Å². The van der Waals surface area contributed by atoms with E-state index in [0.717, 1.165) is 16.8 Å². The van der Waals surface area contributed by atoms with Gasteiger partial charge in [0, 0.05) is 12.6 Å². The van der Waals surface area contributed by atoms with E-state index in [2.05, 4.69) is 29.4 Å². The first-order valence-electron chi connectivity index (χ1n) is 7.06. The topological polar surface area (TPSA) is 34.1 Å². The fraction of sp³-hybridized carbons (Fsp3) is 0.235. The summed E-state index contributed by atoms with van der Waals surface area (Å²) in [5, 5.41) is 6.17. The molecule has 2 atom stereocenters. The van der Waals surface area contributed by atoms with Crippen LogP contribution in [0.3, 0.4) is 0 Å². The third kappa shape index (κ3) is 1.73. The van der Waals surface area contributed by atoms with E-state index in [4.69, 9.17) is 9.68 Å². The maximum Gasteiger partial charge on any atom is 0.248 e. The Hall–Kier alpha value is -2.17. The first kappa shape index (κ1) is 12.6. The van der Waals surface area contributed by atoms with Crippen LogP contribution in [-0.4, -0.2) is 24.4 Å². The summed E-state index contributed by atoms with van der Waals surface area (Å²) in [6.07, 6.45) is 0. The Labute approximate surface area is 123 Å². The van der Waals surface area contributed by atoms with Crippen molar-refractivity contribution in [1.82, 2.24) is 5.06 Å². The van der Waals surface area contributed by atoms with E-state index in [1.165, 1.54) is 0 Å². The van der Waals surface area contributed by atoms with E-state index in [1.54, 1.807) is 5.06 Å². The molecule has 0 amide bonds. The van der Waals surface area contributed by atoms with Gasteiger partial charge in [0.25, 0.3) is 0 Å². The van der Waals surface area contributed by atoms with Gasteiger partial charge in [0.2, 0.25) is 5.72 Å². The van der Waals surface area contributed by atoms with Gasteiger partial charge in [-0.1, -0.05) is 65.8 Å². The highest BCUT2D eigenvalue weighted by atomic mass is 16.8. The first-order valence-corrected chi connectivity index (χ1v) is 7.06. The summed E-state index contributed by atoms with van der Waals surface area (Å²) in [5.74, 6) is 0.0623. The molecule has 2 heterocycles. The van der Waals surface area contributed by atoms with Gasteiger partial charge in [0.05, 0.1) is 18.2 Å². The average molecular weight is 280 g/mol. The van der Waals surface area contributed by atoms with Gasteiger partial charge in [0.1, 0.15) is 0 Å². The van der Waals surface area contributed by atoms with Crippen LogP contribution in [0.2, 0.25) is 0 Å². The van der Waals surface area contributed by atoms with Gasteiger partial charge in [-0.3, -0.25) is 4.84 Å². The lowest BCUT2D eigenvalue weighted by atomic mass is 9.85. The normalized spacial score (nSPS) is 28.0. The second-order valence-corrected chi connectivity index (χ2v) is 5.34. The van der Waals surface area contributed by atoms with Gasteiger partial charge < -0.3 is 4.84 Å². The Balaban J connectivity index is 1.79. The Morgan fingerprint density at radius 1 is 1.05 bits per heavy atom. The van der Waals surface area contributed by atoms with Crippen LogP contribution in [-0.2, 0) is 15.4 Å². The molecule has 21 heavy (non-hydrogen) atoms.